The summed E-state index contributed by atoms with van der Waals surface area (Å²) in [6.07, 6.45) is 17.0. The molecule has 0 aliphatic heterocycles. The van der Waals surface area contributed by atoms with Gasteiger partial charge in [0.1, 0.15) is 24.7 Å². The third-order valence-corrected chi connectivity index (χ3v) is 5.36. The van der Waals surface area contributed by atoms with Crippen LogP contribution in [0, 0.1) is 24.7 Å². The van der Waals surface area contributed by atoms with Gasteiger partial charge in [-0.3, -0.25) is 20.0 Å². The van der Waals surface area contributed by atoms with Gasteiger partial charge in [-0.15, -0.1) is 22.1 Å². The lowest BCUT2D eigenvalue weighted by Gasteiger charge is -2.09. The molecule has 9 heteroatoms. The van der Waals surface area contributed by atoms with E-state index < -0.39 is 0 Å². The van der Waals surface area contributed by atoms with Crippen LogP contribution >= 0.6 is 9.24 Å². The molecular formula is C30H31N4O4P. The van der Waals surface area contributed by atoms with Crippen LogP contribution in [-0.4, -0.2) is 61.2 Å². The van der Waals surface area contributed by atoms with E-state index in [0.717, 1.165) is 22.5 Å². The highest BCUT2D eigenvalue weighted by Crippen LogP contribution is 2.11. The first-order chi connectivity index (χ1) is 19.2. The number of benzene rings is 1. The zero-order chi connectivity index (χ0) is 27.5. The predicted molar refractivity (Wildman–Crippen MR) is 156 cm³/mol. The quantitative estimate of drug-likeness (QED) is 0.118. The minimum absolute atomic E-state index is 0.0810. The van der Waals surface area contributed by atoms with Crippen LogP contribution < -0.4 is 9.47 Å². The van der Waals surface area contributed by atoms with Crippen molar-refractivity contribution in [2.24, 2.45) is 9.98 Å². The molecule has 2 heterocycles. The molecular weight excluding hydrogens is 511 g/mol. The Morgan fingerprint density at radius 1 is 0.795 bits per heavy atom. The standard InChI is InChI=1S/C30H31N4O4P/c1-3-14-37-28-11-9-26(32-19-28)17-31-13-16-35-21-24-5-7-25(8-6-24)22-36-23-30(39)34-18-27-10-12-29(20-33-27)38-15-4-2/h1-2,5-12,17-20,30H,13-16,21-23,39H2. The van der Waals surface area contributed by atoms with E-state index in [9.17, 15) is 0 Å². The molecule has 8 nitrogen and oxygen atoms in total. The van der Waals surface area contributed by atoms with Crippen molar-refractivity contribution in [3.63, 3.8) is 0 Å². The van der Waals surface area contributed by atoms with Crippen molar-refractivity contribution < 1.29 is 18.9 Å². The van der Waals surface area contributed by atoms with E-state index in [1.807, 2.05) is 48.5 Å². The third-order valence-electron chi connectivity index (χ3n) is 5.00. The molecule has 0 aliphatic rings. The van der Waals surface area contributed by atoms with Crippen molar-refractivity contribution in [1.29, 1.82) is 0 Å². The summed E-state index contributed by atoms with van der Waals surface area (Å²) in [4.78, 5) is 17.3. The normalized spacial score (nSPS) is 11.8. The predicted octanol–water partition coefficient (Wildman–Crippen LogP) is 3.97. The molecule has 0 saturated heterocycles. The first-order valence-electron chi connectivity index (χ1n) is 12.2. The summed E-state index contributed by atoms with van der Waals surface area (Å²) < 4.78 is 22.1. The smallest absolute Gasteiger partial charge is 0.148 e. The second-order valence-corrected chi connectivity index (χ2v) is 8.86. The SMILES string of the molecule is C#CCOc1ccc(C=NCCOCc2ccc(COCC(P)N=Cc3ccc(OCC#C)cn3)cc2)nc1. The Bertz CT molecular complexity index is 1260. The molecule has 0 N–H and O–H groups in total. The largest absolute Gasteiger partial charge is 0.479 e. The Hall–Kier alpha value is -4.07. The Labute approximate surface area is 232 Å². The molecule has 0 spiro atoms. The highest BCUT2D eigenvalue weighted by atomic mass is 31.0. The zero-order valence-corrected chi connectivity index (χ0v) is 22.8. The molecule has 0 fully saturated rings. The van der Waals surface area contributed by atoms with Crippen LogP contribution in [0.5, 0.6) is 11.5 Å². The summed E-state index contributed by atoms with van der Waals surface area (Å²) in [5.41, 5.74) is 3.64. The molecule has 3 aromatic rings. The summed E-state index contributed by atoms with van der Waals surface area (Å²) in [5.74, 6) is 6.01. The maximum Gasteiger partial charge on any atom is 0.148 e. The molecule has 0 aliphatic carbocycles. The number of aromatic nitrogens is 2. The number of terminal acetylenes is 2. The van der Waals surface area contributed by atoms with E-state index in [1.165, 1.54) is 0 Å². The molecule has 200 valence electrons. The van der Waals surface area contributed by atoms with Crippen LogP contribution in [0.1, 0.15) is 22.5 Å². The number of rotatable bonds is 16. The molecule has 0 radical (unpaired) electrons. The third kappa shape index (κ3) is 11.9. The van der Waals surface area contributed by atoms with Gasteiger partial charge in [0.2, 0.25) is 0 Å². The van der Waals surface area contributed by atoms with Crippen molar-refractivity contribution in [2.75, 3.05) is 33.0 Å². The van der Waals surface area contributed by atoms with Crippen molar-refractivity contribution in [3.8, 4) is 36.2 Å². The number of ether oxygens (including phenoxy) is 4. The molecule has 0 bridgehead atoms. The van der Waals surface area contributed by atoms with Crippen LogP contribution in [0.4, 0.5) is 0 Å². The van der Waals surface area contributed by atoms with E-state index in [2.05, 4.69) is 41.0 Å². The number of pyridine rings is 2. The lowest BCUT2D eigenvalue weighted by molar-refractivity contribution is 0.122. The summed E-state index contributed by atoms with van der Waals surface area (Å²) in [6.45, 7) is 2.98. The molecule has 0 amide bonds. The van der Waals surface area contributed by atoms with Gasteiger partial charge in [0.05, 0.1) is 62.5 Å². The summed E-state index contributed by atoms with van der Waals surface area (Å²) >= 11 is 0. The highest BCUT2D eigenvalue weighted by molar-refractivity contribution is 7.17. The molecule has 39 heavy (non-hydrogen) atoms. The monoisotopic (exact) mass is 542 g/mol. The summed E-state index contributed by atoms with van der Waals surface area (Å²) in [6, 6.07) is 15.4. The van der Waals surface area contributed by atoms with E-state index in [4.69, 9.17) is 31.8 Å². The van der Waals surface area contributed by atoms with E-state index in [-0.39, 0.29) is 19.0 Å². The van der Waals surface area contributed by atoms with E-state index in [0.29, 0.717) is 44.5 Å². The Balaban J connectivity index is 1.28. The van der Waals surface area contributed by atoms with Gasteiger partial charge in [0.15, 0.2) is 0 Å². The van der Waals surface area contributed by atoms with Gasteiger partial charge in [-0.1, -0.05) is 36.1 Å². The summed E-state index contributed by atoms with van der Waals surface area (Å²) in [5, 5.41) is 0. The molecule has 0 saturated carbocycles. The van der Waals surface area contributed by atoms with Gasteiger partial charge in [0, 0.05) is 12.4 Å². The number of aliphatic imine (C=N–C) groups is 2. The van der Waals surface area contributed by atoms with Crippen LogP contribution in [0.25, 0.3) is 0 Å². The fourth-order valence-electron chi connectivity index (χ4n) is 3.07. The average Bonchev–Trinajstić information content (AvgIpc) is 2.97. The van der Waals surface area contributed by atoms with E-state index >= 15 is 0 Å². The first kappa shape index (κ1) is 29.5. The lowest BCUT2D eigenvalue weighted by Crippen LogP contribution is -2.07. The number of hydrogen-bond donors (Lipinski definition) is 0. The first-order valence-corrected chi connectivity index (χ1v) is 12.9. The molecule has 1 aromatic carbocycles. The second-order valence-electron chi connectivity index (χ2n) is 8.09. The van der Waals surface area contributed by atoms with Crippen LogP contribution in [0.3, 0.4) is 0 Å². The van der Waals surface area contributed by atoms with Gasteiger partial charge in [0.25, 0.3) is 0 Å². The van der Waals surface area contributed by atoms with E-state index in [1.54, 1.807) is 24.8 Å². The fourth-order valence-corrected chi connectivity index (χ4v) is 3.29. The molecule has 2 aromatic heterocycles. The van der Waals surface area contributed by atoms with Gasteiger partial charge >= 0.3 is 0 Å². The second kappa shape index (κ2) is 17.4. The Morgan fingerprint density at radius 3 is 1.90 bits per heavy atom. The van der Waals surface area contributed by atoms with Crippen molar-refractivity contribution in [1.82, 2.24) is 9.97 Å². The van der Waals surface area contributed by atoms with Gasteiger partial charge in [-0.05, 0) is 35.4 Å². The Morgan fingerprint density at radius 2 is 1.36 bits per heavy atom. The maximum atomic E-state index is 5.80. The van der Waals surface area contributed by atoms with Gasteiger partial charge < -0.3 is 18.9 Å². The Kier molecular flexibility index (Phi) is 13.2. The number of nitrogens with zero attached hydrogens (tertiary/aromatic N) is 4. The van der Waals surface area contributed by atoms with Crippen LogP contribution in [-0.2, 0) is 22.7 Å². The minimum Gasteiger partial charge on any atom is -0.479 e. The zero-order valence-electron chi connectivity index (χ0n) is 21.6. The maximum absolute atomic E-state index is 5.80. The average molecular weight is 543 g/mol. The number of hydrogen-bond acceptors (Lipinski definition) is 8. The van der Waals surface area contributed by atoms with Crippen molar-refractivity contribution in [3.05, 3.63) is 83.4 Å². The van der Waals surface area contributed by atoms with Crippen molar-refractivity contribution >= 4 is 21.7 Å². The lowest BCUT2D eigenvalue weighted by atomic mass is 10.1. The highest BCUT2D eigenvalue weighted by Gasteiger charge is 2.02. The van der Waals surface area contributed by atoms with Crippen molar-refractivity contribution in [2.45, 2.75) is 19.0 Å². The molecule has 2 atom stereocenters. The fraction of sp³-hybridized carbons (Fsp3) is 0.267. The minimum atomic E-state index is -0.0810. The summed E-state index contributed by atoms with van der Waals surface area (Å²) in [7, 11) is 2.66. The van der Waals surface area contributed by atoms with Gasteiger partial charge in [-0.2, -0.15) is 0 Å². The van der Waals surface area contributed by atoms with Crippen LogP contribution in [0.15, 0.2) is 70.9 Å². The molecule has 2 unspecified atom stereocenters. The topological polar surface area (TPSA) is 87.4 Å². The van der Waals surface area contributed by atoms with Crippen LogP contribution in [0.2, 0.25) is 0 Å². The van der Waals surface area contributed by atoms with Gasteiger partial charge in [-0.25, -0.2) is 0 Å². The molecule has 3 rings (SSSR count).